The van der Waals surface area contributed by atoms with E-state index >= 15 is 0 Å². The zero-order valence-electron chi connectivity index (χ0n) is 9.97. The van der Waals surface area contributed by atoms with Crippen LogP contribution in [0.2, 0.25) is 0 Å². The summed E-state index contributed by atoms with van der Waals surface area (Å²) in [6.45, 7) is 6.28. The largest absolute Gasteiger partial charge is 0.328 e. The Balaban J connectivity index is 2.77. The van der Waals surface area contributed by atoms with Crippen molar-refractivity contribution in [3.8, 4) is 0 Å². The van der Waals surface area contributed by atoms with Gasteiger partial charge in [-0.25, -0.2) is 8.78 Å². The number of alkyl halides is 2. The second-order valence-electron chi connectivity index (χ2n) is 5.52. The number of hydrogen-bond acceptors (Lipinski definition) is 1. The number of halogens is 2. The highest BCUT2D eigenvalue weighted by Gasteiger charge is 2.42. The van der Waals surface area contributed by atoms with E-state index in [0.717, 1.165) is 19.3 Å². The Morgan fingerprint density at radius 3 is 2.40 bits per heavy atom. The van der Waals surface area contributed by atoms with Crippen LogP contribution >= 0.6 is 0 Å². The van der Waals surface area contributed by atoms with E-state index in [9.17, 15) is 8.78 Å². The summed E-state index contributed by atoms with van der Waals surface area (Å²) in [5.41, 5.74) is 5.79. The van der Waals surface area contributed by atoms with Crippen LogP contribution in [0.3, 0.4) is 0 Å². The first-order chi connectivity index (χ1) is 6.88. The van der Waals surface area contributed by atoms with Gasteiger partial charge in [-0.1, -0.05) is 27.2 Å². The third-order valence-electron chi connectivity index (χ3n) is 4.18. The smallest absolute Gasteiger partial charge is 0.241 e. The third kappa shape index (κ3) is 2.90. The Labute approximate surface area is 91.4 Å². The highest BCUT2D eigenvalue weighted by Crippen LogP contribution is 2.45. The van der Waals surface area contributed by atoms with Crippen molar-refractivity contribution in [2.45, 2.75) is 58.9 Å². The predicted molar refractivity (Wildman–Crippen MR) is 58.9 cm³/mol. The van der Waals surface area contributed by atoms with E-state index in [1.54, 1.807) is 0 Å². The van der Waals surface area contributed by atoms with Gasteiger partial charge >= 0.3 is 0 Å². The second kappa shape index (κ2) is 4.77. The maximum Gasteiger partial charge on any atom is 0.241 e. The molecule has 1 nitrogen and oxygen atoms in total. The maximum atomic E-state index is 13.0. The number of hydrogen-bond donors (Lipinski definition) is 1. The minimum atomic E-state index is -2.22. The molecule has 0 radical (unpaired) electrons. The Hall–Kier alpha value is -0.180. The van der Waals surface area contributed by atoms with Crippen LogP contribution in [-0.2, 0) is 0 Å². The standard InChI is InChI=1S/C12H23F2N/c1-4-12(2,3)10-6-5-8(15)7-9(10)11(13)14/h8-11H,4-7,15H2,1-3H3. The lowest BCUT2D eigenvalue weighted by molar-refractivity contribution is -0.0287. The van der Waals surface area contributed by atoms with Crippen molar-refractivity contribution in [3.63, 3.8) is 0 Å². The molecule has 0 saturated heterocycles. The molecule has 3 heteroatoms. The van der Waals surface area contributed by atoms with Crippen LogP contribution in [0.1, 0.15) is 46.5 Å². The molecular formula is C12H23F2N. The quantitative estimate of drug-likeness (QED) is 0.773. The Morgan fingerprint density at radius 2 is 1.93 bits per heavy atom. The van der Waals surface area contributed by atoms with Crippen molar-refractivity contribution in [1.82, 2.24) is 0 Å². The Bertz CT molecular complexity index is 204. The van der Waals surface area contributed by atoms with Crippen LogP contribution in [0.25, 0.3) is 0 Å². The lowest BCUT2D eigenvalue weighted by atomic mass is 9.63. The van der Waals surface area contributed by atoms with Gasteiger partial charge in [0.15, 0.2) is 0 Å². The molecule has 0 aliphatic heterocycles. The van der Waals surface area contributed by atoms with Crippen LogP contribution < -0.4 is 5.73 Å². The van der Waals surface area contributed by atoms with E-state index in [1.165, 1.54) is 0 Å². The molecule has 1 saturated carbocycles. The summed E-state index contributed by atoms with van der Waals surface area (Å²) in [5, 5.41) is 0. The number of rotatable bonds is 3. The normalized spacial score (nSPS) is 33.4. The molecule has 0 spiro atoms. The molecule has 0 aromatic heterocycles. The molecule has 1 aliphatic rings. The zero-order valence-corrected chi connectivity index (χ0v) is 9.97. The van der Waals surface area contributed by atoms with Crippen LogP contribution in [0.4, 0.5) is 8.78 Å². The van der Waals surface area contributed by atoms with Crippen LogP contribution in [0.5, 0.6) is 0 Å². The SMILES string of the molecule is CCC(C)(C)C1CCC(N)CC1C(F)F. The van der Waals surface area contributed by atoms with E-state index < -0.39 is 12.3 Å². The molecule has 3 atom stereocenters. The topological polar surface area (TPSA) is 26.0 Å². The highest BCUT2D eigenvalue weighted by atomic mass is 19.3. The predicted octanol–water partition coefficient (Wildman–Crippen LogP) is 3.43. The van der Waals surface area contributed by atoms with Crippen molar-refractivity contribution in [3.05, 3.63) is 0 Å². The molecule has 3 unspecified atom stereocenters. The fourth-order valence-electron chi connectivity index (χ4n) is 2.75. The molecule has 90 valence electrons. The van der Waals surface area contributed by atoms with Crippen molar-refractivity contribution in [1.29, 1.82) is 0 Å². The third-order valence-corrected chi connectivity index (χ3v) is 4.18. The summed E-state index contributed by atoms with van der Waals surface area (Å²) < 4.78 is 25.9. The van der Waals surface area contributed by atoms with Gasteiger partial charge in [0.25, 0.3) is 0 Å². The Morgan fingerprint density at radius 1 is 1.33 bits per heavy atom. The molecule has 1 aliphatic carbocycles. The van der Waals surface area contributed by atoms with E-state index in [0.29, 0.717) is 6.42 Å². The second-order valence-corrected chi connectivity index (χ2v) is 5.52. The molecule has 1 rings (SSSR count). The van der Waals surface area contributed by atoms with E-state index in [-0.39, 0.29) is 17.4 Å². The number of nitrogens with two attached hydrogens (primary N) is 1. The molecule has 2 N–H and O–H groups in total. The van der Waals surface area contributed by atoms with Crippen LogP contribution in [0, 0.1) is 17.3 Å². The molecule has 0 bridgehead atoms. The van der Waals surface area contributed by atoms with Gasteiger partial charge in [0, 0.05) is 12.0 Å². The minimum Gasteiger partial charge on any atom is -0.328 e. The van der Waals surface area contributed by atoms with Gasteiger partial charge in [0.05, 0.1) is 0 Å². The van der Waals surface area contributed by atoms with Gasteiger partial charge < -0.3 is 5.73 Å². The zero-order chi connectivity index (χ0) is 11.6. The van der Waals surface area contributed by atoms with Gasteiger partial charge in [-0.05, 0) is 30.6 Å². The van der Waals surface area contributed by atoms with E-state index in [4.69, 9.17) is 5.73 Å². The summed E-state index contributed by atoms with van der Waals surface area (Å²) in [6, 6.07) is -0.0205. The Kier molecular flexibility index (Phi) is 4.10. The highest BCUT2D eigenvalue weighted by molar-refractivity contribution is 4.90. The van der Waals surface area contributed by atoms with Gasteiger partial charge in [0.1, 0.15) is 0 Å². The van der Waals surface area contributed by atoms with Crippen molar-refractivity contribution >= 4 is 0 Å². The fourth-order valence-corrected chi connectivity index (χ4v) is 2.75. The minimum absolute atomic E-state index is 0.0151. The molecule has 15 heavy (non-hydrogen) atoms. The first kappa shape index (κ1) is 12.9. The van der Waals surface area contributed by atoms with Gasteiger partial charge in [-0.2, -0.15) is 0 Å². The molecule has 0 aromatic carbocycles. The summed E-state index contributed by atoms with van der Waals surface area (Å²) in [7, 11) is 0. The summed E-state index contributed by atoms with van der Waals surface area (Å²) >= 11 is 0. The molecule has 0 heterocycles. The summed E-state index contributed by atoms with van der Waals surface area (Å²) in [6.07, 6.45) is 0.989. The van der Waals surface area contributed by atoms with E-state index in [1.807, 2.05) is 0 Å². The lowest BCUT2D eigenvalue weighted by Gasteiger charge is -2.43. The molecule has 0 aromatic rings. The van der Waals surface area contributed by atoms with Gasteiger partial charge in [0.2, 0.25) is 6.43 Å². The maximum absolute atomic E-state index is 13.0. The summed E-state index contributed by atoms with van der Waals surface area (Å²) in [5.74, 6) is -0.369. The molecular weight excluding hydrogens is 196 g/mol. The van der Waals surface area contributed by atoms with Crippen molar-refractivity contribution < 1.29 is 8.78 Å². The van der Waals surface area contributed by atoms with Gasteiger partial charge in [-0.15, -0.1) is 0 Å². The average Bonchev–Trinajstić information content (AvgIpc) is 2.17. The average molecular weight is 219 g/mol. The van der Waals surface area contributed by atoms with E-state index in [2.05, 4.69) is 20.8 Å². The van der Waals surface area contributed by atoms with Crippen LogP contribution in [0.15, 0.2) is 0 Å². The first-order valence-electron chi connectivity index (χ1n) is 5.92. The van der Waals surface area contributed by atoms with Crippen molar-refractivity contribution in [2.24, 2.45) is 23.0 Å². The fraction of sp³-hybridized carbons (Fsp3) is 1.00. The molecule has 0 amide bonds. The lowest BCUT2D eigenvalue weighted by Crippen LogP contribution is -2.42. The van der Waals surface area contributed by atoms with Gasteiger partial charge in [-0.3, -0.25) is 0 Å². The first-order valence-corrected chi connectivity index (χ1v) is 5.92. The van der Waals surface area contributed by atoms with Crippen LogP contribution in [-0.4, -0.2) is 12.5 Å². The molecule has 1 fully saturated rings. The summed E-state index contributed by atoms with van der Waals surface area (Å²) in [4.78, 5) is 0. The van der Waals surface area contributed by atoms with Crippen molar-refractivity contribution in [2.75, 3.05) is 0 Å². The monoisotopic (exact) mass is 219 g/mol.